The molecule has 1 heterocycles. The van der Waals surface area contributed by atoms with Crippen molar-refractivity contribution in [2.45, 2.75) is 53.9 Å². The van der Waals surface area contributed by atoms with Gasteiger partial charge in [-0.3, -0.25) is 0 Å². The van der Waals surface area contributed by atoms with E-state index in [1.165, 1.54) is 0 Å². The largest absolute Gasteiger partial charge is 0.461 e. The summed E-state index contributed by atoms with van der Waals surface area (Å²) in [4.78, 5) is -4.71. The second kappa shape index (κ2) is 5.65. The fraction of sp³-hybridized carbons (Fsp3) is 1.00. The lowest BCUT2D eigenvalue weighted by Crippen LogP contribution is -2.71. The topological polar surface area (TPSA) is 3.24 Å². The molecule has 0 bridgehead atoms. The Bertz CT molecular complexity index is 614. The monoisotopic (exact) mass is 483 g/mol. The van der Waals surface area contributed by atoms with E-state index >= 15 is 0 Å². The zero-order valence-corrected chi connectivity index (χ0v) is 12.1. The molecule has 20 heteroatoms. The molecule has 0 aliphatic carbocycles. The lowest BCUT2D eigenvalue weighted by Gasteiger charge is -2.39. The molecule has 0 aromatic carbocycles. The number of likely N-dealkylation sites (tertiary alicyclic amines) is 1. The van der Waals surface area contributed by atoms with Gasteiger partial charge in [0.2, 0.25) is 0 Å². The summed E-state index contributed by atoms with van der Waals surface area (Å²) in [5.74, 6) is -8.24. The van der Waals surface area contributed by atoms with Crippen LogP contribution in [0.5, 0.6) is 0 Å². The molecule has 29 heavy (non-hydrogen) atoms. The number of alkyl halides is 19. The van der Waals surface area contributed by atoms with Gasteiger partial charge in [-0.05, 0) is 0 Å². The Labute approximate surface area is 144 Å². The number of rotatable bonds is 2. The van der Waals surface area contributed by atoms with Crippen molar-refractivity contribution in [2.24, 2.45) is 0 Å². The summed E-state index contributed by atoms with van der Waals surface area (Å²) in [5.41, 5.74) is -16.9. The summed E-state index contributed by atoms with van der Waals surface area (Å²) in [6, 6.07) is -25.1. The van der Waals surface area contributed by atoms with E-state index in [4.69, 9.17) is 0 Å². The van der Waals surface area contributed by atoms with Crippen molar-refractivity contribution in [3.05, 3.63) is 0 Å². The van der Waals surface area contributed by atoms with E-state index in [2.05, 4.69) is 0 Å². The fourth-order valence-corrected chi connectivity index (χ4v) is 2.29. The van der Waals surface area contributed by atoms with Crippen LogP contribution < -0.4 is 0 Å². The molecule has 1 aliphatic heterocycles. The quantitative estimate of drug-likeness (QED) is 0.354. The van der Waals surface area contributed by atoms with Crippen LogP contribution in [0.4, 0.5) is 83.4 Å². The van der Waals surface area contributed by atoms with Crippen LogP contribution in [0, 0.1) is 0 Å². The van der Waals surface area contributed by atoms with Crippen LogP contribution in [0.1, 0.15) is 0 Å². The van der Waals surface area contributed by atoms with Crippen LogP contribution in [-0.2, 0) is 0 Å². The third kappa shape index (κ3) is 2.55. The molecule has 174 valence electrons. The van der Waals surface area contributed by atoms with Crippen LogP contribution in [-0.4, -0.2) is 58.8 Å². The maximum atomic E-state index is 13.8. The molecule has 0 aromatic heterocycles. The van der Waals surface area contributed by atoms with Crippen molar-refractivity contribution in [1.82, 2.24) is 4.90 Å². The summed E-state index contributed by atoms with van der Waals surface area (Å²) < 4.78 is 244. The molecular formula is C9F19N. The summed E-state index contributed by atoms with van der Waals surface area (Å²) >= 11 is 0. The number of hydrogen-bond acceptors (Lipinski definition) is 1. The Kier molecular flexibility index (Phi) is 5.00. The van der Waals surface area contributed by atoms with E-state index in [0.717, 1.165) is 0 Å². The SMILES string of the molecule is FC(F)(F)C(F)(F)C(F)(F)N1C(F)(F)C(F)(C(F)(F)F)C(F)(C(F)(F)F)C1(F)F. The molecule has 1 nitrogen and oxygen atoms in total. The summed E-state index contributed by atoms with van der Waals surface area (Å²) in [7, 11) is 0. The summed E-state index contributed by atoms with van der Waals surface area (Å²) in [6.45, 7) is 0. The third-order valence-corrected chi connectivity index (χ3v) is 3.66. The number of hydrogen-bond donors (Lipinski definition) is 0. The lowest BCUT2D eigenvalue weighted by atomic mass is 9.85. The fourth-order valence-electron chi connectivity index (χ4n) is 2.29. The maximum absolute atomic E-state index is 13.8. The molecule has 1 rings (SSSR count). The maximum Gasteiger partial charge on any atom is 0.461 e. The van der Waals surface area contributed by atoms with Crippen LogP contribution in [0.3, 0.4) is 0 Å². The van der Waals surface area contributed by atoms with Gasteiger partial charge >= 0.3 is 53.9 Å². The van der Waals surface area contributed by atoms with Crippen molar-refractivity contribution in [3.63, 3.8) is 0 Å². The van der Waals surface area contributed by atoms with Gasteiger partial charge in [-0.1, -0.05) is 0 Å². The second-order valence-electron chi connectivity index (χ2n) is 5.34. The first-order valence-corrected chi connectivity index (χ1v) is 6.01. The first-order chi connectivity index (χ1) is 12.1. The van der Waals surface area contributed by atoms with Gasteiger partial charge in [-0.2, -0.15) is 74.6 Å². The second-order valence-corrected chi connectivity index (χ2v) is 5.34. The summed E-state index contributed by atoms with van der Waals surface area (Å²) in [6.07, 6.45) is -24.2. The van der Waals surface area contributed by atoms with E-state index in [1.807, 2.05) is 0 Å². The average molecular weight is 483 g/mol. The van der Waals surface area contributed by atoms with Gasteiger partial charge in [0.1, 0.15) is 0 Å². The van der Waals surface area contributed by atoms with Crippen molar-refractivity contribution < 1.29 is 83.4 Å². The van der Waals surface area contributed by atoms with Gasteiger partial charge in [0.15, 0.2) is 0 Å². The minimum atomic E-state index is -8.46. The van der Waals surface area contributed by atoms with Crippen molar-refractivity contribution in [2.75, 3.05) is 0 Å². The van der Waals surface area contributed by atoms with E-state index in [9.17, 15) is 83.4 Å². The van der Waals surface area contributed by atoms with Crippen molar-refractivity contribution in [3.8, 4) is 0 Å². The van der Waals surface area contributed by atoms with Crippen LogP contribution in [0.15, 0.2) is 0 Å². The Morgan fingerprint density at radius 2 is 0.690 bits per heavy atom. The van der Waals surface area contributed by atoms with E-state index in [0.29, 0.717) is 0 Å². The number of nitrogens with zero attached hydrogens (tertiary/aromatic N) is 1. The predicted octanol–water partition coefficient (Wildman–Crippen LogP) is 5.82. The first-order valence-electron chi connectivity index (χ1n) is 6.01. The third-order valence-electron chi connectivity index (χ3n) is 3.66. The molecule has 0 saturated carbocycles. The van der Waals surface area contributed by atoms with E-state index < -0.39 is 58.8 Å². The highest BCUT2D eigenvalue weighted by molar-refractivity contribution is 5.28. The smallest absolute Gasteiger partial charge is 0.221 e. The number of halogens is 19. The molecule has 2 unspecified atom stereocenters. The van der Waals surface area contributed by atoms with Gasteiger partial charge < -0.3 is 0 Å². The molecule has 2 atom stereocenters. The molecular weight excluding hydrogens is 483 g/mol. The predicted molar refractivity (Wildman–Crippen MR) is 47.5 cm³/mol. The highest BCUT2D eigenvalue weighted by Gasteiger charge is 3.06. The minimum absolute atomic E-state index is 4.71. The molecule has 0 radical (unpaired) electrons. The average Bonchev–Trinajstić information content (AvgIpc) is 2.49. The van der Waals surface area contributed by atoms with E-state index in [-0.39, 0.29) is 0 Å². The molecule has 0 aromatic rings. The molecule has 1 saturated heterocycles. The lowest BCUT2D eigenvalue weighted by molar-refractivity contribution is -0.451. The molecule has 0 spiro atoms. The Balaban J connectivity index is 4.14. The highest BCUT2D eigenvalue weighted by Crippen LogP contribution is 2.73. The first kappa shape index (κ1) is 25.7. The normalized spacial score (nSPS) is 32.0. The zero-order valence-electron chi connectivity index (χ0n) is 12.1. The van der Waals surface area contributed by atoms with Crippen molar-refractivity contribution in [1.29, 1.82) is 0 Å². The Morgan fingerprint density at radius 1 is 0.448 bits per heavy atom. The van der Waals surface area contributed by atoms with Crippen LogP contribution in [0.25, 0.3) is 0 Å². The van der Waals surface area contributed by atoms with Crippen LogP contribution >= 0.6 is 0 Å². The van der Waals surface area contributed by atoms with Gasteiger partial charge in [0, 0.05) is 0 Å². The highest BCUT2D eigenvalue weighted by atomic mass is 19.4. The molecule has 1 aliphatic rings. The van der Waals surface area contributed by atoms with Crippen LogP contribution in [0.2, 0.25) is 0 Å². The molecule has 0 amide bonds. The Morgan fingerprint density at radius 3 is 0.862 bits per heavy atom. The molecule has 0 N–H and O–H groups in total. The Hall–Kier alpha value is -1.37. The van der Waals surface area contributed by atoms with Gasteiger partial charge in [0.25, 0.3) is 0 Å². The zero-order chi connectivity index (χ0) is 24.1. The standard InChI is InChI=1S/C9F19N/c10-1(4(14,15)16)2(11,5(17,18)19)8(25,26)29(7(1,23)24)9(27,28)3(12,13)6(20,21)22. The van der Waals surface area contributed by atoms with E-state index in [1.54, 1.807) is 0 Å². The summed E-state index contributed by atoms with van der Waals surface area (Å²) in [5, 5.41) is 0. The van der Waals surface area contributed by atoms with Gasteiger partial charge in [0.05, 0.1) is 0 Å². The molecule has 1 fully saturated rings. The van der Waals surface area contributed by atoms with Gasteiger partial charge in [-0.25, -0.2) is 8.78 Å². The van der Waals surface area contributed by atoms with Gasteiger partial charge in [-0.15, -0.1) is 4.90 Å². The van der Waals surface area contributed by atoms with Crippen molar-refractivity contribution >= 4 is 0 Å². The minimum Gasteiger partial charge on any atom is -0.221 e.